The zero-order chi connectivity index (χ0) is 15.5. The Morgan fingerprint density at radius 2 is 2.10 bits per heavy atom. The van der Waals surface area contributed by atoms with Gasteiger partial charge in [0.05, 0.1) is 0 Å². The highest BCUT2D eigenvalue weighted by Crippen LogP contribution is 2.39. The van der Waals surface area contributed by atoms with Gasteiger partial charge >= 0.3 is 0 Å². The molecule has 0 saturated heterocycles. The van der Waals surface area contributed by atoms with Crippen LogP contribution in [0, 0.1) is 11.3 Å². The predicted octanol–water partition coefficient (Wildman–Crippen LogP) is 4.26. The van der Waals surface area contributed by atoms with Gasteiger partial charge in [0.25, 0.3) is 0 Å². The minimum atomic E-state index is 0.190. The molecule has 0 aliphatic heterocycles. The van der Waals surface area contributed by atoms with Gasteiger partial charge in [0.15, 0.2) is 5.82 Å². The van der Waals surface area contributed by atoms with Gasteiger partial charge < -0.3 is 9.47 Å². The summed E-state index contributed by atoms with van der Waals surface area (Å²) in [7, 11) is 0. The maximum atomic E-state index is 6.07. The van der Waals surface area contributed by atoms with Crippen molar-refractivity contribution < 1.29 is 9.47 Å². The summed E-state index contributed by atoms with van der Waals surface area (Å²) >= 11 is 6.04. The highest BCUT2D eigenvalue weighted by molar-refractivity contribution is 6.29. The van der Waals surface area contributed by atoms with Crippen LogP contribution < -0.4 is 4.74 Å². The Morgan fingerprint density at radius 3 is 2.76 bits per heavy atom. The molecule has 4 nitrogen and oxygen atoms in total. The summed E-state index contributed by atoms with van der Waals surface area (Å²) in [6, 6.07) is 1.68. The third-order valence-corrected chi connectivity index (χ3v) is 3.98. The number of rotatable bonds is 5. The molecule has 0 bridgehead atoms. The molecule has 1 aromatic heterocycles. The van der Waals surface area contributed by atoms with Crippen molar-refractivity contribution in [1.29, 1.82) is 0 Å². The quantitative estimate of drug-likeness (QED) is 0.762. The molecule has 2 rings (SSSR count). The Kier molecular flexibility index (Phi) is 5.44. The lowest BCUT2D eigenvalue weighted by Gasteiger charge is -2.38. The summed E-state index contributed by atoms with van der Waals surface area (Å²) in [4.78, 5) is 8.55. The van der Waals surface area contributed by atoms with Crippen LogP contribution in [0.5, 0.6) is 5.88 Å². The second-order valence-corrected chi connectivity index (χ2v) is 7.12. The van der Waals surface area contributed by atoms with Crippen molar-refractivity contribution in [3.05, 3.63) is 17.0 Å². The first-order valence-corrected chi connectivity index (χ1v) is 8.03. The number of aromatic nitrogens is 2. The number of hydrogen-bond donors (Lipinski definition) is 0. The fourth-order valence-electron chi connectivity index (χ4n) is 3.28. The summed E-state index contributed by atoms with van der Waals surface area (Å²) in [6.45, 7) is 9.80. The van der Waals surface area contributed by atoms with E-state index in [4.69, 9.17) is 21.1 Å². The highest BCUT2D eigenvalue weighted by Gasteiger charge is 2.33. The number of ether oxygens (including phenoxy) is 2. The first-order valence-electron chi connectivity index (χ1n) is 7.66. The zero-order valence-electron chi connectivity index (χ0n) is 13.4. The fraction of sp³-hybridized carbons (Fsp3) is 0.750. The van der Waals surface area contributed by atoms with Crippen molar-refractivity contribution in [3.8, 4) is 5.88 Å². The monoisotopic (exact) mass is 312 g/mol. The second-order valence-electron chi connectivity index (χ2n) is 6.74. The van der Waals surface area contributed by atoms with Gasteiger partial charge in [-0.15, -0.1) is 0 Å². The van der Waals surface area contributed by atoms with Gasteiger partial charge in [0.1, 0.15) is 17.9 Å². The minimum Gasteiger partial charge on any atom is -0.474 e. The van der Waals surface area contributed by atoms with E-state index in [0.29, 0.717) is 41.4 Å². The van der Waals surface area contributed by atoms with Crippen LogP contribution >= 0.6 is 11.6 Å². The molecule has 1 aliphatic rings. The first kappa shape index (κ1) is 16.5. The summed E-state index contributed by atoms with van der Waals surface area (Å²) in [5, 5.41) is 0.401. The van der Waals surface area contributed by atoms with E-state index >= 15 is 0 Å². The largest absolute Gasteiger partial charge is 0.474 e. The average Bonchev–Trinajstić information content (AvgIpc) is 2.33. The van der Waals surface area contributed by atoms with E-state index in [9.17, 15) is 0 Å². The van der Waals surface area contributed by atoms with E-state index in [-0.39, 0.29) is 6.10 Å². The molecular formula is C16H25ClN2O2. The maximum Gasteiger partial charge on any atom is 0.218 e. The van der Waals surface area contributed by atoms with Gasteiger partial charge in [0, 0.05) is 12.7 Å². The number of halogens is 1. The summed E-state index contributed by atoms with van der Waals surface area (Å²) in [6.07, 6.45) is 3.54. The van der Waals surface area contributed by atoms with Crippen LogP contribution in [0.3, 0.4) is 0 Å². The lowest BCUT2D eigenvalue weighted by Crippen LogP contribution is -2.34. The number of nitrogens with zero attached hydrogens (tertiary/aromatic N) is 2. The van der Waals surface area contributed by atoms with Crippen LogP contribution in [-0.4, -0.2) is 22.7 Å². The van der Waals surface area contributed by atoms with E-state index < -0.39 is 0 Å². The molecule has 2 unspecified atom stereocenters. The third-order valence-electron chi connectivity index (χ3n) is 3.79. The van der Waals surface area contributed by atoms with E-state index in [1.807, 2.05) is 6.92 Å². The van der Waals surface area contributed by atoms with Crippen molar-refractivity contribution in [2.24, 2.45) is 11.3 Å². The van der Waals surface area contributed by atoms with Gasteiger partial charge in [-0.3, -0.25) is 0 Å². The van der Waals surface area contributed by atoms with Crippen LogP contribution in [0.15, 0.2) is 6.07 Å². The molecule has 1 aliphatic carbocycles. The molecule has 118 valence electrons. The molecule has 2 atom stereocenters. The lowest BCUT2D eigenvalue weighted by molar-refractivity contribution is 0.0523. The SMILES string of the molecule is CCOCc1nc(Cl)cc(OC2CC(C)CC(C)(C)C2)n1. The first-order chi connectivity index (χ1) is 9.88. The Bertz CT molecular complexity index is 479. The van der Waals surface area contributed by atoms with E-state index in [1.165, 1.54) is 6.42 Å². The molecule has 0 N–H and O–H groups in total. The van der Waals surface area contributed by atoms with E-state index in [1.54, 1.807) is 6.07 Å². The van der Waals surface area contributed by atoms with Crippen LogP contribution in [0.1, 0.15) is 52.8 Å². The zero-order valence-corrected chi connectivity index (χ0v) is 14.1. The lowest BCUT2D eigenvalue weighted by atomic mass is 9.71. The predicted molar refractivity (Wildman–Crippen MR) is 83.6 cm³/mol. The highest BCUT2D eigenvalue weighted by atomic mass is 35.5. The molecule has 1 aromatic rings. The van der Waals surface area contributed by atoms with Crippen LogP contribution in [0.25, 0.3) is 0 Å². The maximum absolute atomic E-state index is 6.07. The molecule has 0 radical (unpaired) electrons. The standard InChI is InChI=1S/C16H25ClN2O2/c1-5-20-10-14-18-13(17)7-15(19-14)21-12-6-11(2)8-16(3,4)9-12/h7,11-12H,5-6,8-10H2,1-4H3. The Morgan fingerprint density at radius 1 is 1.33 bits per heavy atom. The van der Waals surface area contributed by atoms with Gasteiger partial charge in [-0.2, -0.15) is 4.98 Å². The van der Waals surface area contributed by atoms with Crippen molar-refractivity contribution in [2.45, 2.75) is 59.7 Å². The summed E-state index contributed by atoms with van der Waals surface area (Å²) in [5.41, 5.74) is 0.313. The molecule has 0 spiro atoms. The Labute approximate surface area is 132 Å². The third kappa shape index (κ3) is 5.11. The molecule has 1 heterocycles. The molecule has 1 saturated carbocycles. The van der Waals surface area contributed by atoms with Crippen LogP contribution in [0.2, 0.25) is 5.15 Å². The molecule has 0 amide bonds. The van der Waals surface area contributed by atoms with Crippen molar-refractivity contribution >= 4 is 11.6 Å². The van der Waals surface area contributed by atoms with Gasteiger partial charge in [-0.05, 0) is 37.5 Å². The van der Waals surface area contributed by atoms with Crippen molar-refractivity contribution in [2.75, 3.05) is 6.61 Å². The van der Waals surface area contributed by atoms with Gasteiger partial charge in [-0.25, -0.2) is 4.98 Å². The van der Waals surface area contributed by atoms with Crippen molar-refractivity contribution in [1.82, 2.24) is 9.97 Å². The Hall–Kier alpha value is -0.870. The fourth-order valence-corrected chi connectivity index (χ4v) is 3.47. The average molecular weight is 313 g/mol. The normalized spacial score (nSPS) is 24.8. The van der Waals surface area contributed by atoms with Crippen molar-refractivity contribution in [3.63, 3.8) is 0 Å². The smallest absolute Gasteiger partial charge is 0.218 e. The molecule has 5 heteroatoms. The van der Waals surface area contributed by atoms with Crippen LogP contribution in [-0.2, 0) is 11.3 Å². The Balaban J connectivity index is 2.06. The molecule has 1 fully saturated rings. The van der Waals surface area contributed by atoms with Gasteiger partial charge in [-0.1, -0.05) is 32.4 Å². The van der Waals surface area contributed by atoms with Crippen LogP contribution in [0.4, 0.5) is 0 Å². The second kappa shape index (κ2) is 6.93. The molecular weight excluding hydrogens is 288 g/mol. The van der Waals surface area contributed by atoms with E-state index in [2.05, 4.69) is 30.7 Å². The number of hydrogen-bond acceptors (Lipinski definition) is 4. The topological polar surface area (TPSA) is 44.2 Å². The summed E-state index contributed by atoms with van der Waals surface area (Å²) in [5.74, 6) is 1.79. The molecule has 0 aromatic carbocycles. The summed E-state index contributed by atoms with van der Waals surface area (Å²) < 4.78 is 11.4. The van der Waals surface area contributed by atoms with E-state index in [0.717, 1.165) is 12.8 Å². The molecule has 21 heavy (non-hydrogen) atoms. The van der Waals surface area contributed by atoms with Gasteiger partial charge in [0.2, 0.25) is 5.88 Å². The minimum absolute atomic E-state index is 0.190.